The van der Waals surface area contributed by atoms with E-state index in [2.05, 4.69) is 0 Å². The van der Waals surface area contributed by atoms with Gasteiger partial charge in [0.1, 0.15) is 5.78 Å². The molecule has 0 aromatic heterocycles. The van der Waals surface area contributed by atoms with E-state index in [-0.39, 0.29) is 29.6 Å². The Labute approximate surface area is 142 Å². The van der Waals surface area contributed by atoms with Crippen molar-refractivity contribution in [2.24, 2.45) is 23.7 Å². The second kappa shape index (κ2) is 7.08. The molecule has 0 aromatic carbocycles. The molecular weight excluding hydrogens is 308 g/mol. The first-order valence-electron chi connectivity index (χ1n) is 8.97. The second-order valence-electron chi connectivity index (χ2n) is 7.18. The Bertz CT molecular complexity index is 576. The first kappa shape index (κ1) is 17.2. The lowest BCUT2D eigenvalue weighted by Gasteiger charge is -2.44. The minimum absolute atomic E-state index is 0.0580. The Morgan fingerprint density at radius 3 is 2.00 bits per heavy atom. The normalized spacial score (nSPS) is 33.2. The van der Waals surface area contributed by atoms with E-state index < -0.39 is 11.8 Å². The van der Waals surface area contributed by atoms with E-state index in [9.17, 15) is 14.4 Å². The third-order valence-electron chi connectivity index (χ3n) is 6.13. The van der Waals surface area contributed by atoms with E-state index in [1.807, 2.05) is 0 Å². The molecule has 0 unspecified atom stereocenters. The molecule has 0 aromatic rings. The molecule has 0 bridgehead atoms. The van der Waals surface area contributed by atoms with Crippen LogP contribution in [0.5, 0.6) is 0 Å². The lowest BCUT2D eigenvalue weighted by Crippen LogP contribution is -2.46. The van der Waals surface area contributed by atoms with Crippen LogP contribution in [0.25, 0.3) is 0 Å². The molecule has 3 rings (SSSR count). The van der Waals surface area contributed by atoms with Crippen LogP contribution >= 0.6 is 0 Å². The molecule has 5 nitrogen and oxygen atoms in total. The van der Waals surface area contributed by atoms with Gasteiger partial charge in [-0.25, -0.2) is 0 Å². The Kier molecular flexibility index (Phi) is 5.07. The van der Waals surface area contributed by atoms with E-state index >= 15 is 0 Å². The van der Waals surface area contributed by atoms with Gasteiger partial charge in [0, 0.05) is 12.8 Å². The molecule has 0 aliphatic heterocycles. The average Bonchev–Trinajstić information content (AvgIpc) is 2.81. The van der Waals surface area contributed by atoms with Crippen molar-refractivity contribution in [1.29, 1.82) is 0 Å². The van der Waals surface area contributed by atoms with Crippen molar-refractivity contribution in [1.82, 2.24) is 0 Å². The fraction of sp³-hybridized carbons (Fsp3) is 0.737. The van der Waals surface area contributed by atoms with Crippen molar-refractivity contribution in [2.75, 3.05) is 14.2 Å². The molecule has 0 radical (unpaired) electrons. The molecule has 24 heavy (non-hydrogen) atoms. The van der Waals surface area contributed by atoms with Crippen LogP contribution in [-0.2, 0) is 23.9 Å². The summed E-state index contributed by atoms with van der Waals surface area (Å²) in [7, 11) is 2.76. The van der Waals surface area contributed by atoms with Crippen LogP contribution in [-0.4, -0.2) is 31.9 Å². The van der Waals surface area contributed by atoms with Crippen LogP contribution in [0.15, 0.2) is 11.1 Å². The van der Waals surface area contributed by atoms with Crippen molar-refractivity contribution in [3.63, 3.8) is 0 Å². The minimum Gasteiger partial charge on any atom is -0.469 e. The zero-order valence-corrected chi connectivity index (χ0v) is 14.5. The lowest BCUT2D eigenvalue weighted by molar-refractivity contribution is -0.162. The number of allylic oxidation sites excluding steroid dienone is 2. The zero-order chi connectivity index (χ0) is 17.3. The molecule has 3 aliphatic rings. The third-order valence-corrected chi connectivity index (χ3v) is 6.13. The molecule has 0 spiro atoms. The van der Waals surface area contributed by atoms with Gasteiger partial charge >= 0.3 is 11.9 Å². The van der Waals surface area contributed by atoms with Crippen LogP contribution in [0.3, 0.4) is 0 Å². The third kappa shape index (κ3) is 2.89. The maximum atomic E-state index is 12.6. The van der Waals surface area contributed by atoms with Crippen LogP contribution in [0.2, 0.25) is 0 Å². The summed E-state index contributed by atoms with van der Waals surface area (Å²) in [6.45, 7) is 0. The molecule has 3 aliphatic carbocycles. The number of carbonyl (C=O) groups excluding carboxylic acids is 3. The molecular formula is C19H26O5. The van der Waals surface area contributed by atoms with Crippen molar-refractivity contribution in [3.05, 3.63) is 11.1 Å². The Morgan fingerprint density at radius 2 is 1.38 bits per heavy atom. The fourth-order valence-corrected chi connectivity index (χ4v) is 5.10. The number of methoxy groups -OCH3 is 2. The number of ketones is 1. The second-order valence-corrected chi connectivity index (χ2v) is 7.18. The van der Waals surface area contributed by atoms with Gasteiger partial charge in [-0.15, -0.1) is 0 Å². The van der Waals surface area contributed by atoms with Gasteiger partial charge in [0.05, 0.1) is 26.1 Å². The first-order valence-corrected chi connectivity index (χ1v) is 8.97. The van der Waals surface area contributed by atoms with Crippen LogP contribution in [0, 0.1) is 23.7 Å². The van der Waals surface area contributed by atoms with E-state index in [1.165, 1.54) is 25.4 Å². The smallest absolute Gasteiger partial charge is 0.310 e. The van der Waals surface area contributed by atoms with Crippen molar-refractivity contribution < 1.29 is 23.9 Å². The number of ether oxygens (including phenoxy) is 2. The molecule has 2 saturated carbocycles. The summed E-state index contributed by atoms with van der Waals surface area (Å²) in [5, 5.41) is 0. The minimum atomic E-state index is -0.518. The molecule has 2 fully saturated rings. The van der Waals surface area contributed by atoms with Gasteiger partial charge in [-0.1, -0.05) is 17.6 Å². The number of fused-ring (bicyclic) bond motifs is 2. The maximum absolute atomic E-state index is 12.6. The number of Topliss-reactive ketones (excluding diaryl/α,β-unsaturated/α-hetero) is 1. The predicted molar refractivity (Wildman–Crippen MR) is 87.0 cm³/mol. The topological polar surface area (TPSA) is 69.7 Å². The highest BCUT2D eigenvalue weighted by Crippen LogP contribution is 2.52. The summed E-state index contributed by atoms with van der Waals surface area (Å²) in [5.41, 5.74) is 2.60. The van der Waals surface area contributed by atoms with E-state index in [1.54, 1.807) is 0 Å². The number of hydrogen-bond acceptors (Lipinski definition) is 5. The van der Waals surface area contributed by atoms with Gasteiger partial charge in [-0.05, 0) is 43.9 Å². The lowest BCUT2D eigenvalue weighted by atomic mass is 9.59. The monoisotopic (exact) mass is 334 g/mol. The molecule has 0 amide bonds. The van der Waals surface area contributed by atoms with Crippen LogP contribution in [0.1, 0.15) is 51.4 Å². The van der Waals surface area contributed by atoms with E-state index in [0.717, 1.165) is 32.1 Å². The van der Waals surface area contributed by atoms with Gasteiger partial charge < -0.3 is 9.47 Å². The quantitative estimate of drug-likeness (QED) is 0.574. The Balaban J connectivity index is 2.10. The summed E-state index contributed by atoms with van der Waals surface area (Å²) in [5.74, 6) is -1.39. The average molecular weight is 334 g/mol. The summed E-state index contributed by atoms with van der Waals surface area (Å²) in [6.07, 6.45) is 6.47. The summed E-state index contributed by atoms with van der Waals surface area (Å²) in [4.78, 5) is 37.1. The van der Waals surface area contributed by atoms with Crippen molar-refractivity contribution in [2.45, 2.75) is 51.4 Å². The molecule has 0 N–H and O–H groups in total. The largest absolute Gasteiger partial charge is 0.469 e. The molecule has 5 heteroatoms. The molecule has 132 valence electrons. The summed E-state index contributed by atoms with van der Waals surface area (Å²) < 4.78 is 10.1. The van der Waals surface area contributed by atoms with Crippen LogP contribution < -0.4 is 0 Å². The highest BCUT2D eigenvalue weighted by atomic mass is 16.5. The van der Waals surface area contributed by atoms with Crippen molar-refractivity contribution in [3.8, 4) is 0 Å². The number of hydrogen-bond donors (Lipinski definition) is 0. The van der Waals surface area contributed by atoms with Gasteiger partial charge in [0.15, 0.2) is 0 Å². The molecule has 4 atom stereocenters. The van der Waals surface area contributed by atoms with Gasteiger partial charge in [-0.2, -0.15) is 0 Å². The number of esters is 2. The van der Waals surface area contributed by atoms with Crippen LogP contribution in [0.4, 0.5) is 0 Å². The van der Waals surface area contributed by atoms with Gasteiger partial charge in [-0.3, -0.25) is 14.4 Å². The van der Waals surface area contributed by atoms with E-state index in [0.29, 0.717) is 19.3 Å². The van der Waals surface area contributed by atoms with Gasteiger partial charge in [0.2, 0.25) is 0 Å². The predicted octanol–water partition coefficient (Wildman–Crippen LogP) is 2.82. The first-order chi connectivity index (χ1) is 11.6. The number of rotatable bonds is 2. The maximum Gasteiger partial charge on any atom is 0.310 e. The molecule has 0 heterocycles. The standard InChI is InChI=1S/C19H26O5/c1-23-18(21)16-14-6-4-3-5-12(14)13-9-7-11(20)8-10-15(13)17(16)19(22)24-2/h14-17H,3-10H2,1-2H3/t14-,15+,16-,17+/m1/s1. The Hall–Kier alpha value is -1.65. The SMILES string of the molecule is COC(=O)[C@@H]1[C@H](C(=O)OC)[C@@H]2CCCCC2=C2CCC(=O)CC[C@@H]21. The van der Waals surface area contributed by atoms with Gasteiger partial charge in [0.25, 0.3) is 0 Å². The zero-order valence-electron chi connectivity index (χ0n) is 14.5. The van der Waals surface area contributed by atoms with Crippen molar-refractivity contribution >= 4 is 17.7 Å². The highest BCUT2D eigenvalue weighted by Gasteiger charge is 2.52. The summed E-state index contributed by atoms with van der Waals surface area (Å²) >= 11 is 0. The molecule has 0 saturated heterocycles. The fourth-order valence-electron chi connectivity index (χ4n) is 5.10. The summed E-state index contributed by atoms with van der Waals surface area (Å²) in [6, 6.07) is 0. The Morgan fingerprint density at radius 1 is 0.792 bits per heavy atom. The van der Waals surface area contributed by atoms with E-state index in [4.69, 9.17) is 9.47 Å². The highest BCUT2D eigenvalue weighted by molar-refractivity contribution is 5.85. The number of carbonyl (C=O) groups is 3.